The molecule has 26 heavy (non-hydrogen) atoms. The van der Waals surface area contributed by atoms with E-state index in [0.29, 0.717) is 6.54 Å². The number of rotatable bonds is 6. The number of carbonyl (C=O) groups excluding carboxylic acids is 1. The molecule has 0 bridgehead atoms. The summed E-state index contributed by atoms with van der Waals surface area (Å²) in [6.45, 7) is 2.63. The second kappa shape index (κ2) is 7.83. The number of halogens is 1. The van der Waals surface area contributed by atoms with Crippen LogP contribution in [0.2, 0.25) is 0 Å². The van der Waals surface area contributed by atoms with Crippen LogP contribution in [0.1, 0.15) is 11.3 Å². The number of benzene rings is 2. The van der Waals surface area contributed by atoms with Crippen LogP contribution in [0, 0.1) is 6.92 Å². The maximum absolute atomic E-state index is 12.5. The number of hydrogen-bond acceptors (Lipinski definition) is 3. The van der Waals surface area contributed by atoms with Crippen molar-refractivity contribution in [2.75, 3.05) is 14.2 Å². The number of amides is 1. The van der Waals surface area contributed by atoms with E-state index in [9.17, 15) is 4.79 Å². The third-order valence-electron chi connectivity index (χ3n) is 4.42. The molecular weight excluding hydrogens is 396 g/mol. The van der Waals surface area contributed by atoms with Gasteiger partial charge in [0.1, 0.15) is 18.0 Å². The van der Waals surface area contributed by atoms with Gasteiger partial charge < -0.3 is 19.4 Å². The van der Waals surface area contributed by atoms with Crippen molar-refractivity contribution >= 4 is 32.7 Å². The highest BCUT2D eigenvalue weighted by Crippen LogP contribution is 2.30. The van der Waals surface area contributed by atoms with Crippen molar-refractivity contribution < 1.29 is 14.3 Å². The van der Waals surface area contributed by atoms with Gasteiger partial charge in [0.15, 0.2) is 0 Å². The van der Waals surface area contributed by atoms with Crippen LogP contribution in [0.15, 0.2) is 46.9 Å². The maximum Gasteiger partial charge on any atom is 0.240 e. The summed E-state index contributed by atoms with van der Waals surface area (Å²) in [7, 11) is 3.22. The molecule has 1 heterocycles. The van der Waals surface area contributed by atoms with Gasteiger partial charge in [-0.05, 0) is 47.1 Å². The summed E-state index contributed by atoms with van der Waals surface area (Å²) in [4.78, 5) is 12.5. The number of nitrogens with zero attached hydrogens (tertiary/aromatic N) is 1. The molecule has 0 unspecified atom stereocenters. The molecule has 136 valence electrons. The zero-order chi connectivity index (χ0) is 18.7. The molecule has 0 aliphatic heterocycles. The topological polar surface area (TPSA) is 52.5 Å². The van der Waals surface area contributed by atoms with Gasteiger partial charge in [0.05, 0.1) is 14.2 Å². The molecule has 1 N–H and O–H groups in total. The highest BCUT2D eigenvalue weighted by molar-refractivity contribution is 9.10. The highest BCUT2D eigenvalue weighted by Gasteiger charge is 2.14. The van der Waals surface area contributed by atoms with Crippen molar-refractivity contribution in [1.82, 2.24) is 9.88 Å². The van der Waals surface area contributed by atoms with Crippen LogP contribution in [0.3, 0.4) is 0 Å². The molecule has 2 aromatic carbocycles. The van der Waals surface area contributed by atoms with E-state index >= 15 is 0 Å². The van der Waals surface area contributed by atoms with Crippen LogP contribution < -0.4 is 14.8 Å². The predicted molar refractivity (Wildman–Crippen MR) is 106 cm³/mol. The number of aromatic nitrogens is 1. The smallest absolute Gasteiger partial charge is 0.240 e. The Morgan fingerprint density at radius 1 is 1.15 bits per heavy atom. The van der Waals surface area contributed by atoms with Crippen molar-refractivity contribution in [2.45, 2.75) is 20.0 Å². The van der Waals surface area contributed by atoms with Gasteiger partial charge in [-0.2, -0.15) is 0 Å². The average molecular weight is 417 g/mol. The van der Waals surface area contributed by atoms with Gasteiger partial charge in [0, 0.05) is 33.2 Å². The zero-order valence-corrected chi connectivity index (χ0v) is 16.6. The Labute approximate surface area is 161 Å². The number of nitrogens with one attached hydrogen (secondary N) is 1. The van der Waals surface area contributed by atoms with Gasteiger partial charge in [-0.15, -0.1) is 0 Å². The number of hydrogen-bond donors (Lipinski definition) is 1. The fourth-order valence-corrected chi connectivity index (χ4v) is 3.56. The Hall–Kier alpha value is -2.47. The van der Waals surface area contributed by atoms with E-state index in [-0.39, 0.29) is 12.5 Å². The van der Waals surface area contributed by atoms with Crippen LogP contribution in [-0.4, -0.2) is 24.7 Å². The van der Waals surface area contributed by atoms with Gasteiger partial charge >= 0.3 is 0 Å². The van der Waals surface area contributed by atoms with Crippen LogP contribution in [0.4, 0.5) is 0 Å². The maximum atomic E-state index is 12.5. The monoisotopic (exact) mass is 416 g/mol. The molecule has 0 aliphatic rings. The minimum atomic E-state index is -0.0637. The lowest BCUT2D eigenvalue weighted by molar-refractivity contribution is -0.121. The van der Waals surface area contributed by atoms with Crippen molar-refractivity contribution in [3.05, 3.63) is 58.2 Å². The van der Waals surface area contributed by atoms with Gasteiger partial charge in [-0.3, -0.25) is 4.79 Å². The Morgan fingerprint density at radius 2 is 1.92 bits per heavy atom. The Bertz CT molecular complexity index is 950. The predicted octanol–water partition coefficient (Wildman–Crippen LogP) is 4.05. The number of ether oxygens (including phenoxy) is 2. The summed E-state index contributed by atoms with van der Waals surface area (Å²) in [6, 6.07) is 13.6. The number of fused-ring (bicyclic) bond motifs is 1. The van der Waals surface area contributed by atoms with Crippen molar-refractivity contribution in [3.63, 3.8) is 0 Å². The van der Waals surface area contributed by atoms with E-state index in [1.54, 1.807) is 14.2 Å². The second-order valence-electron chi connectivity index (χ2n) is 5.96. The van der Waals surface area contributed by atoms with Crippen molar-refractivity contribution in [2.24, 2.45) is 0 Å². The molecule has 3 aromatic rings. The first kappa shape index (κ1) is 18.3. The van der Waals surface area contributed by atoms with Gasteiger partial charge in [-0.1, -0.05) is 18.2 Å². The second-order valence-corrected chi connectivity index (χ2v) is 6.75. The number of para-hydroxylation sites is 1. The van der Waals surface area contributed by atoms with Gasteiger partial charge in [-0.25, -0.2) is 0 Å². The van der Waals surface area contributed by atoms with E-state index in [1.807, 2.05) is 54.0 Å². The highest BCUT2D eigenvalue weighted by atomic mass is 79.9. The van der Waals surface area contributed by atoms with Gasteiger partial charge in [0.2, 0.25) is 5.91 Å². The minimum Gasteiger partial charge on any atom is -0.497 e. The molecule has 0 radical (unpaired) electrons. The summed E-state index contributed by atoms with van der Waals surface area (Å²) in [6.07, 6.45) is 0. The molecule has 0 atom stereocenters. The third kappa shape index (κ3) is 3.55. The SMILES string of the molecule is COc1ccc(OC)c(CNC(=O)Cn2c(C)c(Br)c3ccccc32)c1. The molecule has 0 aliphatic carbocycles. The first-order valence-corrected chi connectivity index (χ1v) is 9.05. The fourth-order valence-electron chi connectivity index (χ4n) is 3.01. The molecule has 3 rings (SSSR count). The Morgan fingerprint density at radius 3 is 2.65 bits per heavy atom. The van der Waals surface area contributed by atoms with Crippen LogP contribution in [0.25, 0.3) is 10.9 Å². The number of carbonyl (C=O) groups is 1. The van der Waals surface area contributed by atoms with Crippen molar-refractivity contribution in [1.29, 1.82) is 0 Å². The summed E-state index contributed by atoms with van der Waals surface area (Å²) >= 11 is 3.62. The summed E-state index contributed by atoms with van der Waals surface area (Å²) in [5.74, 6) is 1.38. The molecule has 1 aromatic heterocycles. The average Bonchev–Trinajstić information content (AvgIpc) is 2.91. The first-order chi connectivity index (χ1) is 12.5. The lowest BCUT2D eigenvalue weighted by atomic mass is 10.2. The minimum absolute atomic E-state index is 0.0637. The van der Waals surface area contributed by atoms with Crippen LogP contribution >= 0.6 is 15.9 Å². The fraction of sp³-hybridized carbons (Fsp3) is 0.250. The largest absolute Gasteiger partial charge is 0.497 e. The molecule has 1 amide bonds. The molecular formula is C20H21BrN2O3. The van der Waals surface area contributed by atoms with Gasteiger partial charge in [0.25, 0.3) is 0 Å². The molecule has 0 fully saturated rings. The van der Waals surface area contributed by atoms with Crippen LogP contribution in [0.5, 0.6) is 11.5 Å². The normalized spacial score (nSPS) is 10.8. The number of methoxy groups -OCH3 is 2. The van der Waals surface area contributed by atoms with E-state index in [1.165, 1.54) is 0 Å². The van der Waals surface area contributed by atoms with E-state index in [0.717, 1.165) is 38.1 Å². The van der Waals surface area contributed by atoms with Crippen molar-refractivity contribution in [3.8, 4) is 11.5 Å². The lowest BCUT2D eigenvalue weighted by Gasteiger charge is -2.13. The summed E-state index contributed by atoms with van der Waals surface area (Å²) < 4.78 is 13.6. The lowest BCUT2D eigenvalue weighted by Crippen LogP contribution is -2.27. The summed E-state index contributed by atoms with van der Waals surface area (Å²) in [5, 5.41) is 4.07. The third-order valence-corrected chi connectivity index (χ3v) is 5.42. The van der Waals surface area contributed by atoms with E-state index in [2.05, 4.69) is 21.2 Å². The van der Waals surface area contributed by atoms with E-state index < -0.39 is 0 Å². The first-order valence-electron chi connectivity index (χ1n) is 8.26. The quantitative estimate of drug-likeness (QED) is 0.659. The molecule has 0 saturated heterocycles. The van der Waals surface area contributed by atoms with E-state index in [4.69, 9.17) is 9.47 Å². The molecule has 6 heteroatoms. The molecule has 5 nitrogen and oxygen atoms in total. The summed E-state index contributed by atoms with van der Waals surface area (Å²) in [5.41, 5.74) is 2.93. The molecule has 0 saturated carbocycles. The van der Waals surface area contributed by atoms with Crippen LogP contribution in [-0.2, 0) is 17.9 Å². The Kier molecular flexibility index (Phi) is 5.52. The zero-order valence-electron chi connectivity index (χ0n) is 15.0. The standard InChI is InChI=1S/C20H21BrN2O3/c1-13-20(21)16-6-4-5-7-17(16)23(13)12-19(24)22-11-14-10-15(25-2)8-9-18(14)26-3/h4-10H,11-12H2,1-3H3,(H,22,24). The molecule has 0 spiro atoms. The Balaban J connectivity index is 1.76.